The predicted octanol–water partition coefficient (Wildman–Crippen LogP) is 3.36. The van der Waals surface area contributed by atoms with Crippen molar-refractivity contribution in [2.75, 3.05) is 31.9 Å². The highest BCUT2D eigenvalue weighted by Crippen LogP contribution is 2.29. The summed E-state index contributed by atoms with van der Waals surface area (Å²) < 4.78 is 0.457. The maximum atomic E-state index is 5.70. The van der Waals surface area contributed by atoms with Crippen molar-refractivity contribution in [3.63, 3.8) is 0 Å². The van der Waals surface area contributed by atoms with E-state index in [2.05, 4.69) is 37.4 Å². The van der Waals surface area contributed by atoms with E-state index in [1.54, 1.807) is 0 Å². The lowest BCUT2D eigenvalue weighted by atomic mass is 9.94. The second-order valence-corrected chi connectivity index (χ2v) is 8.06. The molecule has 0 aromatic rings. The molecule has 1 rings (SSSR count). The summed E-state index contributed by atoms with van der Waals surface area (Å²) >= 11 is 2.12. The SMILES string of the molecule is CCCC(CCN)CCCN1CCSC(C)(C)C1. The van der Waals surface area contributed by atoms with Crippen LogP contribution >= 0.6 is 11.8 Å². The summed E-state index contributed by atoms with van der Waals surface area (Å²) in [7, 11) is 0. The maximum absolute atomic E-state index is 5.70. The number of hydrogen-bond donors (Lipinski definition) is 1. The molecule has 0 radical (unpaired) electrons. The Morgan fingerprint density at radius 3 is 2.67 bits per heavy atom. The average Bonchev–Trinajstić information content (AvgIpc) is 2.28. The molecule has 0 amide bonds. The molecule has 2 nitrogen and oxygen atoms in total. The first-order valence-electron chi connectivity index (χ1n) is 7.64. The van der Waals surface area contributed by atoms with Crippen molar-refractivity contribution in [3.8, 4) is 0 Å². The number of rotatable bonds is 8. The third kappa shape index (κ3) is 6.44. The fraction of sp³-hybridized carbons (Fsp3) is 1.00. The molecule has 3 heteroatoms. The fourth-order valence-electron chi connectivity index (χ4n) is 2.99. The zero-order valence-electron chi connectivity index (χ0n) is 12.6. The molecule has 108 valence electrons. The fourth-order valence-corrected chi connectivity index (χ4v) is 4.16. The van der Waals surface area contributed by atoms with E-state index in [0.29, 0.717) is 4.75 Å². The van der Waals surface area contributed by atoms with Gasteiger partial charge in [0.15, 0.2) is 0 Å². The molecule has 0 aliphatic carbocycles. The van der Waals surface area contributed by atoms with Gasteiger partial charge >= 0.3 is 0 Å². The number of nitrogens with two attached hydrogens (primary N) is 1. The van der Waals surface area contributed by atoms with Gasteiger partial charge < -0.3 is 10.6 Å². The van der Waals surface area contributed by atoms with Crippen LogP contribution in [0.25, 0.3) is 0 Å². The molecule has 0 aromatic heterocycles. The lowest BCUT2D eigenvalue weighted by Crippen LogP contribution is -2.43. The Morgan fingerprint density at radius 1 is 1.28 bits per heavy atom. The smallest absolute Gasteiger partial charge is 0.0231 e. The van der Waals surface area contributed by atoms with E-state index in [4.69, 9.17) is 5.73 Å². The number of nitrogens with zero attached hydrogens (tertiary/aromatic N) is 1. The van der Waals surface area contributed by atoms with Crippen LogP contribution in [0.3, 0.4) is 0 Å². The lowest BCUT2D eigenvalue weighted by molar-refractivity contribution is 0.246. The van der Waals surface area contributed by atoms with E-state index < -0.39 is 0 Å². The summed E-state index contributed by atoms with van der Waals surface area (Å²) in [6.07, 6.45) is 6.60. The highest BCUT2D eigenvalue weighted by molar-refractivity contribution is 8.00. The molecule has 1 unspecified atom stereocenters. The molecule has 0 saturated carbocycles. The lowest BCUT2D eigenvalue weighted by Gasteiger charge is -2.37. The van der Waals surface area contributed by atoms with E-state index >= 15 is 0 Å². The van der Waals surface area contributed by atoms with E-state index in [1.165, 1.54) is 57.5 Å². The van der Waals surface area contributed by atoms with Crippen LogP contribution in [-0.2, 0) is 0 Å². The minimum Gasteiger partial charge on any atom is -0.330 e. The van der Waals surface area contributed by atoms with Crippen molar-refractivity contribution in [2.24, 2.45) is 11.7 Å². The van der Waals surface area contributed by atoms with Crippen LogP contribution in [0.15, 0.2) is 0 Å². The molecule has 2 N–H and O–H groups in total. The minimum atomic E-state index is 0.457. The summed E-state index contributed by atoms with van der Waals surface area (Å²) in [5.74, 6) is 2.17. The highest BCUT2D eigenvalue weighted by atomic mass is 32.2. The van der Waals surface area contributed by atoms with Crippen LogP contribution in [0, 0.1) is 5.92 Å². The summed E-state index contributed by atoms with van der Waals surface area (Å²) in [4.78, 5) is 2.65. The Labute approximate surface area is 118 Å². The van der Waals surface area contributed by atoms with Crippen molar-refractivity contribution < 1.29 is 0 Å². The van der Waals surface area contributed by atoms with Gasteiger partial charge in [0, 0.05) is 23.6 Å². The molecule has 0 aromatic carbocycles. The van der Waals surface area contributed by atoms with E-state index in [0.717, 1.165) is 12.5 Å². The number of thioether (sulfide) groups is 1. The van der Waals surface area contributed by atoms with Gasteiger partial charge in [0.2, 0.25) is 0 Å². The summed E-state index contributed by atoms with van der Waals surface area (Å²) in [5.41, 5.74) is 5.70. The Kier molecular flexibility index (Phi) is 7.66. The molecular formula is C15H32N2S. The topological polar surface area (TPSA) is 29.3 Å². The molecule has 1 aliphatic heterocycles. The quantitative estimate of drug-likeness (QED) is 0.734. The van der Waals surface area contributed by atoms with Gasteiger partial charge in [-0.25, -0.2) is 0 Å². The third-order valence-electron chi connectivity index (χ3n) is 3.86. The largest absolute Gasteiger partial charge is 0.330 e. The van der Waals surface area contributed by atoms with Crippen LogP contribution in [0.1, 0.15) is 52.9 Å². The van der Waals surface area contributed by atoms with Crippen molar-refractivity contribution in [3.05, 3.63) is 0 Å². The summed E-state index contributed by atoms with van der Waals surface area (Å²) in [5, 5.41) is 0. The zero-order valence-corrected chi connectivity index (χ0v) is 13.4. The Bertz CT molecular complexity index is 213. The maximum Gasteiger partial charge on any atom is 0.0231 e. The third-order valence-corrected chi connectivity index (χ3v) is 5.16. The van der Waals surface area contributed by atoms with Gasteiger partial charge in [-0.15, -0.1) is 0 Å². The summed E-state index contributed by atoms with van der Waals surface area (Å²) in [6, 6.07) is 0. The normalized spacial score (nSPS) is 22.0. The van der Waals surface area contributed by atoms with Crippen LogP contribution in [0.4, 0.5) is 0 Å². The molecule has 0 bridgehead atoms. The average molecular weight is 273 g/mol. The van der Waals surface area contributed by atoms with Gasteiger partial charge in [-0.3, -0.25) is 0 Å². The zero-order chi connectivity index (χ0) is 13.4. The second kappa shape index (κ2) is 8.44. The van der Waals surface area contributed by atoms with Gasteiger partial charge in [0.25, 0.3) is 0 Å². The van der Waals surface area contributed by atoms with E-state index in [-0.39, 0.29) is 0 Å². The Morgan fingerprint density at radius 2 is 2.06 bits per heavy atom. The molecule has 1 heterocycles. The number of hydrogen-bond acceptors (Lipinski definition) is 3. The molecule has 18 heavy (non-hydrogen) atoms. The monoisotopic (exact) mass is 272 g/mol. The minimum absolute atomic E-state index is 0.457. The van der Waals surface area contributed by atoms with Crippen molar-refractivity contribution in [1.29, 1.82) is 0 Å². The van der Waals surface area contributed by atoms with Crippen LogP contribution in [-0.4, -0.2) is 41.6 Å². The van der Waals surface area contributed by atoms with E-state index in [1.807, 2.05) is 0 Å². The van der Waals surface area contributed by atoms with Crippen LogP contribution in [0.2, 0.25) is 0 Å². The first kappa shape index (κ1) is 16.3. The highest BCUT2D eigenvalue weighted by Gasteiger charge is 2.26. The van der Waals surface area contributed by atoms with E-state index in [9.17, 15) is 0 Å². The Balaban J connectivity index is 2.19. The Hall–Kier alpha value is 0.270. The standard InChI is InChI=1S/C15H32N2S/c1-4-6-14(8-9-16)7-5-10-17-11-12-18-15(2,3)13-17/h14H,4-13,16H2,1-3H3. The van der Waals surface area contributed by atoms with Gasteiger partial charge in [-0.05, 0) is 52.1 Å². The molecule has 0 spiro atoms. The van der Waals surface area contributed by atoms with Gasteiger partial charge in [-0.2, -0.15) is 11.8 Å². The first-order valence-corrected chi connectivity index (χ1v) is 8.62. The van der Waals surface area contributed by atoms with Gasteiger partial charge in [0.05, 0.1) is 0 Å². The van der Waals surface area contributed by atoms with Crippen LogP contribution in [0.5, 0.6) is 0 Å². The molecule has 1 fully saturated rings. The van der Waals surface area contributed by atoms with Crippen molar-refractivity contribution in [1.82, 2.24) is 4.90 Å². The van der Waals surface area contributed by atoms with Crippen molar-refractivity contribution in [2.45, 2.75) is 57.6 Å². The van der Waals surface area contributed by atoms with Crippen LogP contribution < -0.4 is 5.73 Å². The summed E-state index contributed by atoms with van der Waals surface area (Å²) in [6.45, 7) is 11.7. The molecular weight excluding hydrogens is 240 g/mol. The van der Waals surface area contributed by atoms with Gasteiger partial charge in [0.1, 0.15) is 0 Å². The molecule has 1 atom stereocenters. The van der Waals surface area contributed by atoms with Crippen molar-refractivity contribution >= 4 is 11.8 Å². The van der Waals surface area contributed by atoms with Gasteiger partial charge in [-0.1, -0.05) is 19.8 Å². The predicted molar refractivity (Wildman–Crippen MR) is 84.3 cm³/mol. The second-order valence-electron chi connectivity index (χ2n) is 6.26. The molecule has 1 aliphatic rings. The molecule has 1 saturated heterocycles. The first-order chi connectivity index (χ1) is 8.57.